The third-order valence-electron chi connectivity index (χ3n) is 12.9. The van der Waals surface area contributed by atoms with Crippen LogP contribution in [0.4, 0.5) is 0 Å². The number of rotatable bonds is 3. The molecule has 11 aromatic rings. The average molecular weight is 752 g/mol. The first-order valence-corrected chi connectivity index (χ1v) is 20.9. The first kappa shape index (κ1) is 32.0. The minimum absolute atomic E-state index is 0.386. The van der Waals surface area contributed by atoms with Gasteiger partial charge >= 0.3 is 0 Å². The van der Waals surface area contributed by atoms with Crippen molar-refractivity contribution in [2.24, 2.45) is 0 Å². The van der Waals surface area contributed by atoms with E-state index in [9.17, 15) is 0 Å². The van der Waals surface area contributed by atoms with Crippen LogP contribution in [0, 0.1) is 0 Å². The molecule has 0 N–H and O–H groups in total. The molecule has 2 aliphatic rings. The van der Waals surface area contributed by atoms with Crippen molar-refractivity contribution in [2.45, 2.75) is 5.41 Å². The predicted molar refractivity (Wildman–Crippen MR) is 245 cm³/mol. The lowest BCUT2D eigenvalue weighted by Gasteiger charge is -2.30. The van der Waals surface area contributed by atoms with E-state index in [1.54, 1.807) is 0 Å². The number of hydrogen-bond donors (Lipinski definition) is 0. The number of fused-ring (bicyclic) bond motifs is 17. The first-order valence-electron chi connectivity index (χ1n) is 20.0. The van der Waals surface area contributed by atoms with Gasteiger partial charge in [0.1, 0.15) is 0 Å². The van der Waals surface area contributed by atoms with E-state index in [4.69, 9.17) is 4.98 Å². The van der Waals surface area contributed by atoms with Crippen LogP contribution >= 0.6 is 11.3 Å². The summed E-state index contributed by atoms with van der Waals surface area (Å²) < 4.78 is 2.61. The maximum Gasteiger partial charge on any atom is 0.0788 e. The number of hydrogen-bond acceptors (Lipinski definition) is 2. The van der Waals surface area contributed by atoms with Gasteiger partial charge in [-0.2, -0.15) is 0 Å². The molecule has 268 valence electrons. The maximum atomic E-state index is 5.40. The molecular weight excluding hydrogens is 719 g/mol. The van der Waals surface area contributed by atoms with Crippen molar-refractivity contribution < 1.29 is 0 Å². The van der Waals surface area contributed by atoms with Gasteiger partial charge in [-0.1, -0.05) is 170 Å². The number of aromatic nitrogens is 1. The minimum Gasteiger partial charge on any atom is -0.247 e. The third-order valence-corrected chi connectivity index (χ3v) is 14.0. The van der Waals surface area contributed by atoms with Crippen molar-refractivity contribution in [1.82, 2.24) is 4.98 Å². The summed E-state index contributed by atoms with van der Waals surface area (Å²) in [6, 6.07) is 74.3. The monoisotopic (exact) mass is 751 g/mol. The minimum atomic E-state index is -0.386. The van der Waals surface area contributed by atoms with Crippen molar-refractivity contribution in [3.8, 4) is 55.8 Å². The highest BCUT2D eigenvalue weighted by Crippen LogP contribution is 2.63. The second-order valence-corrected chi connectivity index (χ2v) is 16.8. The van der Waals surface area contributed by atoms with E-state index in [0.717, 1.165) is 16.8 Å². The van der Waals surface area contributed by atoms with Gasteiger partial charge in [-0.05, 0) is 97.1 Å². The summed E-state index contributed by atoms with van der Waals surface area (Å²) >= 11 is 1.87. The summed E-state index contributed by atoms with van der Waals surface area (Å²) in [7, 11) is 0. The molecule has 13 rings (SSSR count). The van der Waals surface area contributed by atoms with Crippen LogP contribution in [-0.2, 0) is 5.41 Å². The van der Waals surface area contributed by atoms with Gasteiger partial charge in [0.15, 0.2) is 0 Å². The summed E-state index contributed by atoms with van der Waals surface area (Å²) in [5.74, 6) is 0. The normalized spacial score (nSPS) is 13.3. The highest BCUT2D eigenvalue weighted by atomic mass is 32.1. The van der Waals surface area contributed by atoms with Crippen molar-refractivity contribution in [1.29, 1.82) is 0 Å². The van der Waals surface area contributed by atoms with E-state index in [0.29, 0.717) is 0 Å². The van der Waals surface area contributed by atoms with Gasteiger partial charge in [0, 0.05) is 41.9 Å². The molecule has 0 saturated heterocycles. The largest absolute Gasteiger partial charge is 0.247 e. The maximum absolute atomic E-state index is 5.40. The Morgan fingerprint density at radius 3 is 1.57 bits per heavy atom. The summed E-state index contributed by atoms with van der Waals surface area (Å²) in [6.07, 6.45) is 0. The van der Waals surface area contributed by atoms with Crippen LogP contribution in [0.25, 0.3) is 97.6 Å². The Morgan fingerprint density at radius 2 is 0.879 bits per heavy atom. The molecule has 2 heteroatoms. The Kier molecular flexibility index (Phi) is 6.59. The van der Waals surface area contributed by atoms with E-state index in [-0.39, 0.29) is 5.41 Å². The molecule has 2 aromatic heterocycles. The van der Waals surface area contributed by atoms with Gasteiger partial charge in [-0.25, -0.2) is 4.98 Å². The molecule has 1 spiro atoms. The highest BCUT2D eigenvalue weighted by molar-refractivity contribution is 7.26. The van der Waals surface area contributed by atoms with E-state index >= 15 is 0 Å². The molecule has 0 fully saturated rings. The van der Waals surface area contributed by atoms with Crippen molar-refractivity contribution in [3.63, 3.8) is 0 Å². The van der Waals surface area contributed by atoms with Gasteiger partial charge in [-0.3, -0.25) is 0 Å². The summed E-state index contributed by atoms with van der Waals surface area (Å²) in [6.45, 7) is 0. The second-order valence-electron chi connectivity index (χ2n) is 15.7. The van der Waals surface area contributed by atoms with Crippen LogP contribution in [0.3, 0.4) is 0 Å². The van der Waals surface area contributed by atoms with Crippen LogP contribution in [0.2, 0.25) is 0 Å². The number of benzene rings is 9. The number of thiophene rings is 1. The second kappa shape index (κ2) is 11.9. The molecule has 9 aromatic carbocycles. The standard InChI is InChI=1S/C56H33NS/c1-2-14-34(15-3-1)55-44-29-31-52-54(43-21-9-13-25-51(43)58-52)53(44)45-32-35(27-30-50(45)57-55)37-16-4-5-17-38(37)36-26-28-42-41-20-8-12-24-48(41)56(49(42)33-36)46-22-10-6-18-39(46)40-19-7-11-23-47(40)56/h1-33H. The van der Waals surface area contributed by atoms with Crippen LogP contribution < -0.4 is 0 Å². The van der Waals surface area contributed by atoms with E-state index in [2.05, 4.69) is 200 Å². The van der Waals surface area contributed by atoms with Gasteiger partial charge in [0.25, 0.3) is 0 Å². The van der Waals surface area contributed by atoms with Gasteiger partial charge < -0.3 is 0 Å². The molecule has 0 unspecified atom stereocenters. The third kappa shape index (κ3) is 4.22. The molecule has 1 nitrogen and oxygen atoms in total. The fourth-order valence-electron chi connectivity index (χ4n) is 10.5. The number of pyridine rings is 1. The fraction of sp³-hybridized carbons (Fsp3) is 0.0179. The molecule has 2 aliphatic carbocycles. The molecule has 0 amide bonds. The van der Waals surface area contributed by atoms with Crippen molar-refractivity contribution in [2.75, 3.05) is 0 Å². The molecule has 0 radical (unpaired) electrons. The molecule has 0 aliphatic heterocycles. The topological polar surface area (TPSA) is 12.9 Å². The van der Waals surface area contributed by atoms with Gasteiger partial charge in [0.2, 0.25) is 0 Å². The van der Waals surface area contributed by atoms with E-state index in [1.807, 2.05) is 11.3 Å². The Bertz CT molecular complexity index is 3450. The molecular formula is C56H33NS. The van der Waals surface area contributed by atoms with Crippen LogP contribution in [-0.4, -0.2) is 4.98 Å². The predicted octanol–water partition coefficient (Wildman–Crippen LogP) is 15.1. The first-order chi connectivity index (χ1) is 28.8. The average Bonchev–Trinajstić information content (AvgIpc) is 3.93. The molecule has 58 heavy (non-hydrogen) atoms. The Hall–Kier alpha value is -7.13. The fourth-order valence-corrected chi connectivity index (χ4v) is 11.7. The van der Waals surface area contributed by atoms with Crippen molar-refractivity contribution >= 4 is 53.2 Å². The van der Waals surface area contributed by atoms with Crippen LogP contribution in [0.15, 0.2) is 200 Å². The lowest BCUT2D eigenvalue weighted by atomic mass is 9.70. The quantitative estimate of drug-likeness (QED) is 0.164. The lowest BCUT2D eigenvalue weighted by Crippen LogP contribution is -2.25. The van der Waals surface area contributed by atoms with E-state index < -0.39 is 0 Å². The zero-order chi connectivity index (χ0) is 38.0. The van der Waals surface area contributed by atoms with Gasteiger partial charge in [-0.15, -0.1) is 11.3 Å². The zero-order valence-electron chi connectivity index (χ0n) is 31.4. The zero-order valence-corrected chi connectivity index (χ0v) is 32.2. The lowest BCUT2D eigenvalue weighted by molar-refractivity contribution is 0.794. The Labute approximate surface area is 340 Å². The van der Waals surface area contributed by atoms with Gasteiger partial charge in [0.05, 0.1) is 16.6 Å². The SMILES string of the molecule is c1ccc(-c2nc3ccc(-c4ccccc4-c4ccc5c(c4)C4(c6ccccc6-c6ccccc64)c4ccccc4-5)cc3c3c2ccc2sc4ccccc4c23)cc1. The smallest absolute Gasteiger partial charge is 0.0788 e. The molecule has 0 saturated carbocycles. The Balaban J connectivity index is 1.06. The molecule has 0 atom stereocenters. The Morgan fingerprint density at radius 1 is 0.328 bits per heavy atom. The summed E-state index contributed by atoms with van der Waals surface area (Å²) in [4.78, 5) is 5.40. The molecule has 0 bridgehead atoms. The summed E-state index contributed by atoms with van der Waals surface area (Å²) in [5, 5.41) is 6.25. The summed E-state index contributed by atoms with van der Waals surface area (Å²) in [5.41, 5.74) is 18.3. The van der Waals surface area contributed by atoms with Crippen molar-refractivity contribution in [3.05, 3.63) is 222 Å². The number of nitrogens with zero attached hydrogens (tertiary/aromatic N) is 1. The van der Waals surface area contributed by atoms with E-state index in [1.165, 1.54) is 103 Å². The molecule has 2 heterocycles. The van der Waals surface area contributed by atoms with Crippen LogP contribution in [0.1, 0.15) is 22.3 Å². The van der Waals surface area contributed by atoms with Crippen LogP contribution in [0.5, 0.6) is 0 Å². The highest BCUT2D eigenvalue weighted by Gasteiger charge is 2.51.